The number of carbonyl (C=O) groups excluding carboxylic acids is 2. The zero-order valence-electron chi connectivity index (χ0n) is 11.5. The molecule has 0 atom stereocenters. The van der Waals surface area contributed by atoms with Crippen LogP contribution in [0.25, 0.3) is 5.69 Å². The molecule has 0 saturated heterocycles. The minimum absolute atomic E-state index is 0.0102. The number of hydrogen-bond donors (Lipinski definition) is 2. The van der Waals surface area contributed by atoms with Crippen LogP contribution in [0.2, 0.25) is 0 Å². The first kappa shape index (κ1) is 13.4. The number of amides is 2. The van der Waals surface area contributed by atoms with Crippen molar-refractivity contribution in [3.05, 3.63) is 48.3 Å². The molecule has 2 N–H and O–H groups in total. The van der Waals surface area contributed by atoms with Crippen LogP contribution >= 0.6 is 0 Å². The van der Waals surface area contributed by atoms with Crippen molar-refractivity contribution in [3.8, 4) is 5.69 Å². The van der Waals surface area contributed by atoms with Crippen LogP contribution in [0.5, 0.6) is 0 Å². The molecule has 21 heavy (non-hydrogen) atoms. The first-order chi connectivity index (χ1) is 10.2. The molecule has 1 aliphatic rings. The number of hydrogen-bond acceptors (Lipinski definition) is 3. The molecule has 3 rings (SSSR count). The van der Waals surface area contributed by atoms with Gasteiger partial charge >= 0.3 is 0 Å². The van der Waals surface area contributed by atoms with Crippen LogP contribution in [0.1, 0.15) is 23.2 Å². The molecule has 0 bridgehead atoms. The lowest BCUT2D eigenvalue weighted by Crippen LogP contribution is -2.37. The number of carbonyl (C=O) groups is 2. The van der Waals surface area contributed by atoms with Crippen LogP contribution in [-0.4, -0.2) is 34.2 Å². The average Bonchev–Trinajstić information content (AvgIpc) is 3.15. The highest BCUT2D eigenvalue weighted by Crippen LogP contribution is 2.18. The van der Waals surface area contributed by atoms with Gasteiger partial charge in [0.2, 0.25) is 5.91 Å². The van der Waals surface area contributed by atoms with Gasteiger partial charge in [-0.3, -0.25) is 9.59 Å². The fourth-order valence-electron chi connectivity index (χ4n) is 1.96. The van der Waals surface area contributed by atoms with Crippen molar-refractivity contribution in [1.29, 1.82) is 0 Å². The first-order valence-electron chi connectivity index (χ1n) is 6.90. The summed E-state index contributed by atoms with van der Waals surface area (Å²) in [5, 5.41) is 9.55. The molecule has 6 nitrogen and oxygen atoms in total. The molecule has 108 valence electrons. The summed E-state index contributed by atoms with van der Waals surface area (Å²) < 4.78 is 1.71. The van der Waals surface area contributed by atoms with Gasteiger partial charge in [-0.05, 0) is 43.2 Å². The van der Waals surface area contributed by atoms with E-state index >= 15 is 0 Å². The van der Waals surface area contributed by atoms with E-state index < -0.39 is 0 Å². The van der Waals surface area contributed by atoms with Crippen molar-refractivity contribution in [2.24, 2.45) is 0 Å². The highest BCUT2D eigenvalue weighted by atomic mass is 16.2. The van der Waals surface area contributed by atoms with Crippen molar-refractivity contribution in [3.63, 3.8) is 0 Å². The molecule has 0 aliphatic heterocycles. The minimum atomic E-state index is -0.257. The molecule has 1 aliphatic carbocycles. The zero-order valence-corrected chi connectivity index (χ0v) is 11.5. The highest BCUT2D eigenvalue weighted by molar-refractivity contribution is 5.96. The van der Waals surface area contributed by atoms with Gasteiger partial charge in [0, 0.05) is 24.0 Å². The summed E-state index contributed by atoms with van der Waals surface area (Å²) in [6.07, 6.45) is 5.60. The van der Waals surface area contributed by atoms with E-state index in [1.54, 1.807) is 23.0 Å². The van der Waals surface area contributed by atoms with Crippen molar-refractivity contribution in [2.45, 2.75) is 18.9 Å². The SMILES string of the molecule is O=C(CNC(=O)c1ccc(-n2cccn2)cc1)NC1CC1. The first-order valence-corrected chi connectivity index (χ1v) is 6.90. The maximum atomic E-state index is 11.9. The van der Waals surface area contributed by atoms with E-state index in [1.165, 1.54) is 0 Å². The molecule has 0 unspecified atom stereocenters. The Bertz CT molecular complexity index is 630. The van der Waals surface area contributed by atoms with Crippen LogP contribution in [0.4, 0.5) is 0 Å². The Hall–Kier alpha value is -2.63. The topological polar surface area (TPSA) is 76.0 Å². The van der Waals surface area contributed by atoms with Gasteiger partial charge in [0.1, 0.15) is 0 Å². The predicted molar refractivity (Wildman–Crippen MR) is 77.1 cm³/mol. The van der Waals surface area contributed by atoms with Gasteiger partial charge in [0.25, 0.3) is 5.91 Å². The second kappa shape index (κ2) is 5.78. The van der Waals surface area contributed by atoms with Crippen molar-refractivity contribution in [2.75, 3.05) is 6.54 Å². The summed E-state index contributed by atoms with van der Waals surface area (Å²) in [5.74, 6) is -0.396. The molecule has 1 heterocycles. The van der Waals surface area contributed by atoms with Gasteiger partial charge in [-0.15, -0.1) is 0 Å². The van der Waals surface area contributed by atoms with E-state index in [1.807, 2.05) is 24.4 Å². The highest BCUT2D eigenvalue weighted by Gasteiger charge is 2.23. The number of benzene rings is 1. The Morgan fingerprint density at radius 3 is 2.62 bits per heavy atom. The van der Waals surface area contributed by atoms with Crippen LogP contribution in [0.15, 0.2) is 42.7 Å². The van der Waals surface area contributed by atoms with Crippen LogP contribution in [-0.2, 0) is 4.79 Å². The van der Waals surface area contributed by atoms with Gasteiger partial charge in [-0.1, -0.05) is 0 Å². The lowest BCUT2D eigenvalue weighted by atomic mass is 10.2. The van der Waals surface area contributed by atoms with E-state index in [4.69, 9.17) is 0 Å². The molecule has 2 amide bonds. The summed E-state index contributed by atoms with van der Waals surface area (Å²) in [7, 11) is 0. The lowest BCUT2D eigenvalue weighted by molar-refractivity contribution is -0.120. The van der Waals surface area contributed by atoms with E-state index in [9.17, 15) is 9.59 Å². The third kappa shape index (κ3) is 3.47. The molecule has 6 heteroatoms. The number of rotatable bonds is 5. The third-order valence-electron chi connectivity index (χ3n) is 3.25. The zero-order chi connectivity index (χ0) is 14.7. The van der Waals surface area contributed by atoms with Crippen LogP contribution in [0, 0.1) is 0 Å². The molecule has 2 aromatic rings. The summed E-state index contributed by atoms with van der Waals surface area (Å²) >= 11 is 0. The van der Waals surface area contributed by atoms with Gasteiger partial charge in [-0.2, -0.15) is 5.10 Å². The van der Waals surface area contributed by atoms with E-state index in [0.717, 1.165) is 18.5 Å². The van der Waals surface area contributed by atoms with E-state index in [0.29, 0.717) is 11.6 Å². The summed E-state index contributed by atoms with van der Waals surface area (Å²) in [6, 6.07) is 9.19. The Balaban J connectivity index is 1.55. The minimum Gasteiger partial charge on any atom is -0.352 e. The molecular weight excluding hydrogens is 268 g/mol. The Morgan fingerprint density at radius 2 is 2.00 bits per heavy atom. The molecule has 1 fully saturated rings. The fourth-order valence-corrected chi connectivity index (χ4v) is 1.96. The summed E-state index contributed by atoms with van der Waals surface area (Å²) in [5.41, 5.74) is 1.40. The standard InChI is InChI=1S/C15H16N4O2/c20-14(18-12-4-5-12)10-16-15(21)11-2-6-13(7-3-11)19-9-1-8-17-19/h1-3,6-9,12H,4-5,10H2,(H,16,21)(H,18,20). The molecule has 0 spiro atoms. The molecule has 0 radical (unpaired) electrons. The smallest absolute Gasteiger partial charge is 0.251 e. The fraction of sp³-hybridized carbons (Fsp3) is 0.267. The van der Waals surface area contributed by atoms with Crippen molar-refractivity contribution in [1.82, 2.24) is 20.4 Å². The second-order valence-corrected chi connectivity index (χ2v) is 5.02. The quantitative estimate of drug-likeness (QED) is 0.856. The largest absolute Gasteiger partial charge is 0.352 e. The molecule has 1 aromatic heterocycles. The molecule has 1 saturated carbocycles. The third-order valence-corrected chi connectivity index (χ3v) is 3.25. The van der Waals surface area contributed by atoms with Crippen molar-refractivity contribution < 1.29 is 9.59 Å². The van der Waals surface area contributed by atoms with Gasteiger partial charge in [0.05, 0.1) is 12.2 Å². The Kier molecular flexibility index (Phi) is 3.68. The van der Waals surface area contributed by atoms with Crippen LogP contribution in [0.3, 0.4) is 0 Å². The maximum absolute atomic E-state index is 11.9. The van der Waals surface area contributed by atoms with Crippen molar-refractivity contribution >= 4 is 11.8 Å². The van der Waals surface area contributed by atoms with E-state index in [2.05, 4.69) is 15.7 Å². The van der Waals surface area contributed by atoms with Gasteiger partial charge in [0.15, 0.2) is 0 Å². The molecular formula is C15H16N4O2. The Morgan fingerprint density at radius 1 is 1.24 bits per heavy atom. The monoisotopic (exact) mass is 284 g/mol. The van der Waals surface area contributed by atoms with E-state index in [-0.39, 0.29) is 18.4 Å². The number of nitrogens with zero attached hydrogens (tertiary/aromatic N) is 2. The molecule has 1 aromatic carbocycles. The second-order valence-electron chi connectivity index (χ2n) is 5.02. The Labute approximate surface area is 122 Å². The summed E-state index contributed by atoms with van der Waals surface area (Å²) in [6.45, 7) is 0.0102. The normalized spacial score (nSPS) is 13.7. The van der Waals surface area contributed by atoms with Gasteiger partial charge < -0.3 is 10.6 Å². The lowest BCUT2D eigenvalue weighted by Gasteiger charge is -2.07. The van der Waals surface area contributed by atoms with Crippen LogP contribution < -0.4 is 10.6 Å². The predicted octanol–water partition coefficient (Wildman–Crippen LogP) is 0.881. The van der Waals surface area contributed by atoms with Gasteiger partial charge in [-0.25, -0.2) is 4.68 Å². The summed E-state index contributed by atoms with van der Waals surface area (Å²) in [4.78, 5) is 23.4. The maximum Gasteiger partial charge on any atom is 0.251 e. The average molecular weight is 284 g/mol. The number of nitrogens with one attached hydrogen (secondary N) is 2. The number of aromatic nitrogens is 2.